The second-order valence-corrected chi connectivity index (χ2v) is 8.12. The summed E-state index contributed by atoms with van der Waals surface area (Å²) >= 11 is 0. The van der Waals surface area contributed by atoms with Crippen molar-refractivity contribution in [2.75, 3.05) is 23.4 Å². The molecule has 2 aliphatic rings. The molecule has 0 bridgehead atoms. The van der Waals surface area contributed by atoms with Crippen LogP contribution in [0.5, 0.6) is 17.2 Å². The molecule has 1 N–H and O–H groups in total. The third-order valence-electron chi connectivity index (χ3n) is 5.69. The maximum absolute atomic E-state index is 13.1. The molecule has 5 rings (SSSR count). The SMILES string of the molecule is CCOc1ccc(N2C(=O)[C@@H]3[C@@H](N=NN3CC(=O)Nc3ccc(Oc4ccccc4)cc3)C2=O)cc1. The molecule has 10 heteroatoms. The number of anilines is 2. The van der Waals surface area contributed by atoms with E-state index >= 15 is 0 Å². The highest BCUT2D eigenvalue weighted by Gasteiger charge is 2.55. The van der Waals surface area contributed by atoms with Gasteiger partial charge in [-0.15, -0.1) is 0 Å². The molecule has 3 aromatic carbocycles. The first-order valence-corrected chi connectivity index (χ1v) is 11.4. The lowest BCUT2D eigenvalue weighted by molar-refractivity contribution is -0.123. The Balaban J connectivity index is 1.21. The Morgan fingerprint density at radius 2 is 1.56 bits per heavy atom. The number of para-hydroxylation sites is 1. The molecule has 0 unspecified atom stereocenters. The molecule has 36 heavy (non-hydrogen) atoms. The summed E-state index contributed by atoms with van der Waals surface area (Å²) < 4.78 is 11.2. The zero-order valence-corrected chi connectivity index (χ0v) is 19.4. The fourth-order valence-corrected chi connectivity index (χ4v) is 4.04. The highest BCUT2D eigenvalue weighted by atomic mass is 16.5. The summed E-state index contributed by atoms with van der Waals surface area (Å²) in [5.74, 6) is 0.617. The molecule has 1 saturated heterocycles. The Bertz CT molecular complexity index is 1290. The summed E-state index contributed by atoms with van der Waals surface area (Å²) in [6, 6.07) is 21.0. The largest absolute Gasteiger partial charge is 0.494 e. The molecule has 2 aliphatic heterocycles. The van der Waals surface area contributed by atoms with Crippen LogP contribution in [0.4, 0.5) is 11.4 Å². The standard InChI is InChI=1S/C26H23N5O5/c1-2-35-19-14-10-18(11-15-19)31-25(33)23-24(26(31)34)30(29-28-23)16-22(32)27-17-8-12-21(13-9-17)36-20-6-4-3-5-7-20/h3-15,23-24H,2,16H2,1H3,(H,27,32)/t23-,24+/m1/s1. The number of nitrogens with zero attached hydrogens (tertiary/aromatic N) is 4. The number of nitrogens with one attached hydrogen (secondary N) is 1. The minimum Gasteiger partial charge on any atom is -0.494 e. The Kier molecular flexibility index (Phi) is 6.31. The molecule has 182 valence electrons. The molecule has 0 radical (unpaired) electrons. The first kappa shape index (κ1) is 23.0. The van der Waals surface area contributed by atoms with Crippen molar-refractivity contribution in [2.45, 2.75) is 19.0 Å². The van der Waals surface area contributed by atoms with Crippen LogP contribution >= 0.6 is 0 Å². The fraction of sp³-hybridized carbons (Fsp3) is 0.192. The first-order chi connectivity index (χ1) is 17.5. The molecular formula is C26H23N5O5. The van der Waals surface area contributed by atoms with Crippen LogP contribution in [0.3, 0.4) is 0 Å². The number of hydrogen-bond acceptors (Lipinski definition) is 8. The number of amides is 3. The Morgan fingerprint density at radius 3 is 2.25 bits per heavy atom. The van der Waals surface area contributed by atoms with E-state index in [9.17, 15) is 14.4 Å². The molecule has 1 fully saturated rings. The number of rotatable bonds is 8. The quantitative estimate of drug-likeness (QED) is 0.486. The van der Waals surface area contributed by atoms with Crippen LogP contribution in [0.25, 0.3) is 0 Å². The third-order valence-corrected chi connectivity index (χ3v) is 5.69. The van der Waals surface area contributed by atoms with Gasteiger partial charge in [0.05, 0.1) is 12.3 Å². The summed E-state index contributed by atoms with van der Waals surface area (Å²) in [6.45, 7) is 2.14. The van der Waals surface area contributed by atoms with Crippen LogP contribution in [0.2, 0.25) is 0 Å². The highest BCUT2D eigenvalue weighted by molar-refractivity contribution is 6.25. The molecule has 3 amide bonds. The van der Waals surface area contributed by atoms with Crippen LogP contribution in [0, 0.1) is 0 Å². The molecule has 2 atom stereocenters. The van der Waals surface area contributed by atoms with Crippen LogP contribution in [-0.2, 0) is 14.4 Å². The summed E-state index contributed by atoms with van der Waals surface area (Å²) in [4.78, 5) is 39.7. The molecule has 0 aromatic heterocycles. The number of imide groups is 1. The lowest BCUT2D eigenvalue weighted by Gasteiger charge is -2.20. The van der Waals surface area contributed by atoms with Gasteiger partial charge < -0.3 is 14.8 Å². The maximum Gasteiger partial charge on any atom is 0.263 e. The topological polar surface area (TPSA) is 113 Å². The summed E-state index contributed by atoms with van der Waals surface area (Å²) in [7, 11) is 0. The Hall–Kier alpha value is -4.73. The van der Waals surface area contributed by atoms with Gasteiger partial charge in [0.25, 0.3) is 11.8 Å². The molecular weight excluding hydrogens is 462 g/mol. The number of carbonyl (C=O) groups is 3. The molecule has 2 heterocycles. The van der Waals surface area contributed by atoms with Gasteiger partial charge >= 0.3 is 0 Å². The zero-order valence-electron chi connectivity index (χ0n) is 19.4. The number of fused-ring (bicyclic) bond motifs is 1. The van der Waals surface area contributed by atoms with E-state index in [-0.39, 0.29) is 6.54 Å². The van der Waals surface area contributed by atoms with Gasteiger partial charge in [0.2, 0.25) is 5.91 Å². The van der Waals surface area contributed by atoms with Gasteiger partial charge in [-0.25, -0.2) is 4.90 Å². The van der Waals surface area contributed by atoms with E-state index in [0.717, 1.165) is 4.90 Å². The predicted octanol–water partition coefficient (Wildman–Crippen LogP) is 3.81. The van der Waals surface area contributed by atoms with Gasteiger partial charge in [0.15, 0.2) is 12.1 Å². The van der Waals surface area contributed by atoms with Crippen molar-refractivity contribution in [3.63, 3.8) is 0 Å². The van der Waals surface area contributed by atoms with Crippen LogP contribution in [0.1, 0.15) is 6.92 Å². The van der Waals surface area contributed by atoms with Crippen molar-refractivity contribution in [3.8, 4) is 17.2 Å². The fourth-order valence-electron chi connectivity index (χ4n) is 4.04. The number of hydrogen-bond donors (Lipinski definition) is 1. The van der Waals surface area contributed by atoms with Crippen molar-refractivity contribution in [1.29, 1.82) is 0 Å². The van der Waals surface area contributed by atoms with Crippen LogP contribution < -0.4 is 19.7 Å². The van der Waals surface area contributed by atoms with Gasteiger partial charge in [-0.05, 0) is 67.6 Å². The minimum absolute atomic E-state index is 0.233. The number of benzene rings is 3. The average molecular weight is 486 g/mol. The van der Waals surface area contributed by atoms with E-state index in [2.05, 4.69) is 15.7 Å². The smallest absolute Gasteiger partial charge is 0.263 e. The zero-order chi connectivity index (χ0) is 25.1. The van der Waals surface area contributed by atoms with E-state index in [1.165, 1.54) is 5.01 Å². The van der Waals surface area contributed by atoms with Gasteiger partial charge in [-0.3, -0.25) is 19.4 Å². The van der Waals surface area contributed by atoms with Crippen LogP contribution in [0.15, 0.2) is 89.2 Å². The van der Waals surface area contributed by atoms with Gasteiger partial charge in [-0.2, -0.15) is 5.11 Å². The Morgan fingerprint density at radius 1 is 0.889 bits per heavy atom. The molecule has 0 spiro atoms. The highest BCUT2D eigenvalue weighted by Crippen LogP contribution is 2.32. The normalized spacial score (nSPS) is 18.4. The number of carbonyl (C=O) groups excluding carboxylic acids is 3. The predicted molar refractivity (Wildman–Crippen MR) is 131 cm³/mol. The summed E-state index contributed by atoms with van der Waals surface area (Å²) in [5, 5.41) is 11.9. The van der Waals surface area contributed by atoms with E-state index < -0.39 is 29.8 Å². The Labute approximate surface area is 207 Å². The van der Waals surface area contributed by atoms with Gasteiger partial charge in [-0.1, -0.05) is 23.4 Å². The first-order valence-electron chi connectivity index (χ1n) is 11.4. The molecule has 0 saturated carbocycles. The van der Waals surface area contributed by atoms with E-state index in [0.29, 0.717) is 35.2 Å². The molecule has 10 nitrogen and oxygen atoms in total. The van der Waals surface area contributed by atoms with Crippen molar-refractivity contribution in [3.05, 3.63) is 78.9 Å². The minimum atomic E-state index is -0.980. The lowest BCUT2D eigenvalue weighted by atomic mass is 10.1. The van der Waals surface area contributed by atoms with Crippen molar-refractivity contribution in [1.82, 2.24) is 5.01 Å². The van der Waals surface area contributed by atoms with Crippen molar-refractivity contribution >= 4 is 29.1 Å². The van der Waals surface area contributed by atoms with Crippen molar-refractivity contribution < 1.29 is 23.9 Å². The summed E-state index contributed by atoms with van der Waals surface area (Å²) in [5.41, 5.74) is 0.971. The molecule has 0 aliphatic carbocycles. The van der Waals surface area contributed by atoms with Crippen molar-refractivity contribution in [2.24, 2.45) is 10.3 Å². The number of ether oxygens (including phenoxy) is 2. The monoisotopic (exact) mass is 485 g/mol. The lowest BCUT2D eigenvalue weighted by Crippen LogP contribution is -2.43. The maximum atomic E-state index is 13.1. The van der Waals surface area contributed by atoms with E-state index in [4.69, 9.17) is 9.47 Å². The molecule has 3 aromatic rings. The van der Waals surface area contributed by atoms with Crippen LogP contribution in [-0.4, -0.2) is 48.0 Å². The van der Waals surface area contributed by atoms with E-state index in [1.807, 2.05) is 37.3 Å². The third kappa shape index (κ3) is 4.61. The average Bonchev–Trinajstić information content (AvgIpc) is 3.41. The summed E-state index contributed by atoms with van der Waals surface area (Å²) in [6.07, 6.45) is 0. The van der Waals surface area contributed by atoms with E-state index in [1.54, 1.807) is 48.5 Å². The second-order valence-electron chi connectivity index (χ2n) is 8.12. The van der Waals surface area contributed by atoms with Gasteiger partial charge in [0, 0.05) is 5.69 Å². The second kappa shape index (κ2) is 9.87. The van der Waals surface area contributed by atoms with Gasteiger partial charge in [0.1, 0.15) is 23.8 Å².